The van der Waals surface area contributed by atoms with Crippen LogP contribution in [-0.2, 0) is 7.05 Å². The van der Waals surface area contributed by atoms with Crippen LogP contribution in [0.4, 0.5) is 0 Å². The summed E-state index contributed by atoms with van der Waals surface area (Å²) in [7, 11) is 3.53. The molecule has 0 spiro atoms. The lowest BCUT2D eigenvalue weighted by molar-refractivity contribution is 0.400. The van der Waals surface area contributed by atoms with E-state index in [0.29, 0.717) is 0 Å². The van der Waals surface area contributed by atoms with E-state index in [2.05, 4.69) is 27.3 Å². The quantitative estimate of drug-likeness (QED) is 0.851. The molecule has 0 aliphatic rings. The summed E-state index contributed by atoms with van der Waals surface area (Å²) >= 11 is 0. The third kappa shape index (κ3) is 2.33. The number of hydrogen-bond acceptors (Lipinski definition) is 5. The Balaban J connectivity index is 2.44. The van der Waals surface area contributed by atoms with Crippen LogP contribution in [0.2, 0.25) is 0 Å². The van der Waals surface area contributed by atoms with Gasteiger partial charge < -0.3 is 10.1 Å². The van der Waals surface area contributed by atoms with Gasteiger partial charge in [0.05, 0.1) is 25.0 Å². The van der Waals surface area contributed by atoms with Crippen molar-refractivity contribution in [2.75, 3.05) is 13.7 Å². The molecule has 2 heterocycles. The number of nitrogens with one attached hydrogen (secondary N) is 1. The number of hydrogen-bond donors (Lipinski definition) is 1. The van der Waals surface area contributed by atoms with E-state index in [9.17, 15) is 0 Å². The van der Waals surface area contributed by atoms with Crippen LogP contribution >= 0.6 is 0 Å². The predicted molar refractivity (Wildman–Crippen MR) is 67.3 cm³/mol. The van der Waals surface area contributed by atoms with Crippen LogP contribution in [0.15, 0.2) is 24.8 Å². The summed E-state index contributed by atoms with van der Waals surface area (Å²) < 4.78 is 7.15. The molecule has 0 fully saturated rings. The summed E-state index contributed by atoms with van der Waals surface area (Å²) in [6, 6.07) is 1.83. The van der Waals surface area contributed by atoms with Gasteiger partial charge in [0, 0.05) is 13.2 Å². The fourth-order valence-corrected chi connectivity index (χ4v) is 1.93. The second-order valence-corrected chi connectivity index (χ2v) is 3.85. The normalized spacial score (nSPS) is 12.4. The zero-order valence-corrected chi connectivity index (χ0v) is 10.8. The average Bonchev–Trinajstić information content (AvgIpc) is 2.78. The van der Waals surface area contributed by atoms with Crippen molar-refractivity contribution in [2.24, 2.45) is 7.05 Å². The molecule has 2 aromatic heterocycles. The first-order valence-electron chi connectivity index (χ1n) is 5.83. The second-order valence-electron chi connectivity index (χ2n) is 3.85. The lowest BCUT2D eigenvalue weighted by Gasteiger charge is -2.18. The zero-order valence-electron chi connectivity index (χ0n) is 10.8. The van der Waals surface area contributed by atoms with Crippen molar-refractivity contribution in [3.8, 4) is 5.75 Å². The molecule has 18 heavy (non-hydrogen) atoms. The average molecular weight is 247 g/mol. The van der Waals surface area contributed by atoms with Crippen molar-refractivity contribution in [2.45, 2.75) is 13.0 Å². The minimum Gasteiger partial charge on any atom is -0.493 e. The van der Waals surface area contributed by atoms with Crippen LogP contribution in [0.25, 0.3) is 0 Å². The Labute approximate surface area is 106 Å². The monoisotopic (exact) mass is 247 g/mol. The molecule has 0 radical (unpaired) electrons. The highest BCUT2D eigenvalue weighted by molar-refractivity contribution is 5.33. The van der Waals surface area contributed by atoms with Gasteiger partial charge in [0.15, 0.2) is 5.75 Å². The van der Waals surface area contributed by atoms with Crippen LogP contribution in [0.3, 0.4) is 0 Å². The first kappa shape index (κ1) is 12.5. The van der Waals surface area contributed by atoms with Gasteiger partial charge in [-0.2, -0.15) is 5.10 Å². The Morgan fingerprint density at radius 3 is 2.94 bits per heavy atom. The predicted octanol–water partition coefficient (Wildman–Crippen LogP) is 0.918. The van der Waals surface area contributed by atoms with Crippen LogP contribution in [0.1, 0.15) is 24.4 Å². The van der Waals surface area contributed by atoms with E-state index in [1.165, 1.54) is 0 Å². The van der Waals surface area contributed by atoms with Gasteiger partial charge in [0.1, 0.15) is 12.0 Å². The molecule has 0 aliphatic heterocycles. The first-order valence-corrected chi connectivity index (χ1v) is 5.83. The van der Waals surface area contributed by atoms with E-state index in [4.69, 9.17) is 4.74 Å². The van der Waals surface area contributed by atoms with E-state index in [1.807, 2.05) is 13.1 Å². The summed E-state index contributed by atoms with van der Waals surface area (Å²) in [4.78, 5) is 8.24. The lowest BCUT2D eigenvalue weighted by atomic mass is 10.1. The van der Waals surface area contributed by atoms with Crippen molar-refractivity contribution in [3.05, 3.63) is 36.2 Å². The fraction of sp³-hybridized carbons (Fsp3) is 0.417. The highest BCUT2D eigenvalue weighted by Crippen LogP contribution is 2.27. The Morgan fingerprint density at radius 1 is 1.50 bits per heavy atom. The molecule has 96 valence electrons. The first-order chi connectivity index (χ1) is 8.77. The second kappa shape index (κ2) is 5.59. The topological polar surface area (TPSA) is 64.9 Å². The summed E-state index contributed by atoms with van der Waals surface area (Å²) in [5.74, 6) is 0.752. The Hall–Kier alpha value is -1.95. The van der Waals surface area contributed by atoms with Crippen LogP contribution in [0.5, 0.6) is 5.75 Å². The maximum absolute atomic E-state index is 5.35. The van der Waals surface area contributed by atoms with E-state index < -0.39 is 0 Å². The molecule has 0 aliphatic carbocycles. The molecule has 0 amide bonds. The number of methoxy groups -OCH3 is 1. The zero-order chi connectivity index (χ0) is 13.0. The van der Waals surface area contributed by atoms with E-state index in [0.717, 1.165) is 23.7 Å². The number of aryl methyl sites for hydroxylation is 1. The maximum Gasteiger partial charge on any atom is 0.161 e. The van der Waals surface area contributed by atoms with Crippen molar-refractivity contribution in [1.29, 1.82) is 0 Å². The van der Waals surface area contributed by atoms with Crippen molar-refractivity contribution < 1.29 is 4.74 Å². The molecule has 0 saturated carbocycles. The van der Waals surface area contributed by atoms with Gasteiger partial charge in [0.25, 0.3) is 0 Å². The van der Waals surface area contributed by atoms with Gasteiger partial charge >= 0.3 is 0 Å². The molecule has 0 aromatic carbocycles. The SMILES string of the molecule is CCNC(c1ccncn1)c1c(OC)cnn1C. The Bertz CT molecular complexity index is 496. The van der Waals surface area contributed by atoms with Gasteiger partial charge in [-0.1, -0.05) is 6.92 Å². The summed E-state index contributed by atoms with van der Waals surface area (Å²) in [5.41, 5.74) is 1.85. The highest BCUT2D eigenvalue weighted by atomic mass is 16.5. The van der Waals surface area contributed by atoms with Crippen molar-refractivity contribution in [3.63, 3.8) is 0 Å². The van der Waals surface area contributed by atoms with Crippen LogP contribution in [-0.4, -0.2) is 33.4 Å². The number of rotatable bonds is 5. The largest absolute Gasteiger partial charge is 0.493 e. The van der Waals surface area contributed by atoms with Crippen LogP contribution < -0.4 is 10.1 Å². The van der Waals surface area contributed by atoms with E-state index in [1.54, 1.807) is 30.5 Å². The third-order valence-electron chi connectivity index (χ3n) is 2.75. The summed E-state index contributed by atoms with van der Waals surface area (Å²) in [5, 5.41) is 7.61. The Morgan fingerprint density at radius 2 is 2.33 bits per heavy atom. The Kier molecular flexibility index (Phi) is 3.88. The molecule has 6 nitrogen and oxygen atoms in total. The molecule has 1 N–H and O–H groups in total. The summed E-state index contributed by atoms with van der Waals surface area (Å²) in [6.45, 7) is 2.88. The minimum atomic E-state index is -0.0551. The molecule has 1 atom stereocenters. The standard InChI is InChI=1S/C12H17N5O/c1-4-14-11(9-5-6-13-8-15-9)12-10(18-3)7-16-17(12)2/h5-8,11,14H,4H2,1-3H3. The molecule has 6 heteroatoms. The molecule has 1 unspecified atom stereocenters. The number of aromatic nitrogens is 4. The lowest BCUT2D eigenvalue weighted by Crippen LogP contribution is -2.25. The minimum absolute atomic E-state index is 0.0551. The summed E-state index contributed by atoms with van der Waals surface area (Å²) in [6.07, 6.45) is 4.99. The third-order valence-corrected chi connectivity index (χ3v) is 2.75. The van der Waals surface area contributed by atoms with Gasteiger partial charge in [-0.05, 0) is 12.6 Å². The van der Waals surface area contributed by atoms with E-state index in [-0.39, 0.29) is 6.04 Å². The molecule has 2 rings (SSSR count). The number of ether oxygens (including phenoxy) is 1. The van der Waals surface area contributed by atoms with Gasteiger partial charge in [-0.15, -0.1) is 0 Å². The van der Waals surface area contributed by atoms with Gasteiger partial charge in [0.2, 0.25) is 0 Å². The van der Waals surface area contributed by atoms with Gasteiger partial charge in [-0.25, -0.2) is 9.97 Å². The van der Waals surface area contributed by atoms with Crippen molar-refractivity contribution in [1.82, 2.24) is 25.1 Å². The maximum atomic E-state index is 5.35. The molecule has 0 bridgehead atoms. The van der Waals surface area contributed by atoms with Crippen LogP contribution in [0, 0.1) is 0 Å². The molecule has 0 saturated heterocycles. The molecular formula is C12H17N5O. The van der Waals surface area contributed by atoms with Crippen molar-refractivity contribution >= 4 is 0 Å². The molecular weight excluding hydrogens is 230 g/mol. The molecule has 2 aromatic rings. The van der Waals surface area contributed by atoms with Gasteiger partial charge in [-0.3, -0.25) is 4.68 Å². The highest BCUT2D eigenvalue weighted by Gasteiger charge is 2.22. The fourth-order valence-electron chi connectivity index (χ4n) is 1.93. The number of nitrogens with zero attached hydrogens (tertiary/aromatic N) is 4. The smallest absolute Gasteiger partial charge is 0.161 e. The van der Waals surface area contributed by atoms with E-state index >= 15 is 0 Å².